The smallest absolute Gasteiger partial charge is 0.273 e. The van der Waals surface area contributed by atoms with Gasteiger partial charge in [0.15, 0.2) is 5.82 Å². The molecule has 162 valence electrons. The molecule has 31 heavy (non-hydrogen) atoms. The second-order valence-electron chi connectivity index (χ2n) is 7.27. The van der Waals surface area contributed by atoms with Crippen LogP contribution in [0.25, 0.3) is 11.4 Å². The summed E-state index contributed by atoms with van der Waals surface area (Å²) >= 11 is 5.98. The molecule has 2 N–H and O–H groups in total. The van der Waals surface area contributed by atoms with Crippen LogP contribution in [0.3, 0.4) is 0 Å². The van der Waals surface area contributed by atoms with Crippen molar-refractivity contribution in [3.05, 3.63) is 75.2 Å². The van der Waals surface area contributed by atoms with E-state index in [4.69, 9.17) is 16.3 Å². The molecule has 0 saturated carbocycles. The topological polar surface area (TPSA) is 97.0 Å². The van der Waals surface area contributed by atoms with Gasteiger partial charge in [0.25, 0.3) is 5.56 Å². The number of nitrogens with zero attached hydrogens (tertiary/aromatic N) is 2. The maximum atomic E-state index is 12.3. The summed E-state index contributed by atoms with van der Waals surface area (Å²) in [6.07, 6.45) is 1.28. The number of hydrogen-bond donors (Lipinski definition) is 2. The molecule has 1 unspecified atom stereocenters. The summed E-state index contributed by atoms with van der Waals surface area (Å²) in [6, 6.07) is 14.8. The molecule has 7 nitrogen and oxygen atoms in total. The number of ether oxygens (including phenoxy) is 1. The van der Waals surface area contributed by atoms with Gasteiger partial charge in [0.05, 0.1) is 0 Å². The van der Waals surface area contributed by atoms with Crippen molar-refractivity contribution >= 4 is 17.5 Å². The summed E-state index contributed by atoms with van der Waals surface area (Å²) in [5.41, 5.74) is 1.58. The summed E-state index contributed by atoms with van der Waals surface area (Å²) in [5, 5.41) is 11.7. The van der Waals surface area contributed by atoms with Gasteiger partial charge in [0.2, 0.25) is 5.91 Å². The Labute approximate surface area is 185 Å². The second-order valence-corrected chi connectivity index (χ2v) is 7.71. The van der Waals surface area contributed by atoms with Gasteiger partial charge in [-0.1, -0.05) is 30.7 Å². The van der Waals surface area contributed by atoms with Crippen LogP contribution in [0.2, 0.25) is 5.02 Å². The van der Waals surface area contributed by atoms with Crippen LogP contribution in [-0.2, 0) is 17.8 Å². The van der Waals surface area contributed by atoms with Gasteiger partial charge in [-0.3, -0.25) is 9.59 Å². The molecule has 0 spiro atoms. The van der Waals surface area contributed by atoms with Crippen molar-refractivity contribution in [2.24, 2.45) is 0 Å². The molecule has 0 bridgehead atoms. The Bertz CT molecular complexity index is 1080. The second kappa shape index (κ2) is 10.7. The molecule has 3 rings (SSSR count). The van der Waals surface area contributed by atoms with Crippen LogP contribution in [0.15, 0.2) is 53.3 Å². The van der Waals surface area contributed by atoms with E-state index in [2.05, 4.69) is 20.5 Å². The average molecular weight is 441 g/mol. The number of halogens is 1. The molecule has 0 saturated heterocycles. The number of benzene rings is 2. The minimum absolute atomic E-state index is 0.104. The van der Waals surface area contributed by atoms with Crippen molar-refractivity contribution in [3.8, 4) is 17.1 Å². The number of amides is 1. The van der Waals surface area contributed by atoms with Crippen LogP contribution in [0, 0.1) is 0 Å². The van der Waals surface area contributed by atoms with E-state index >= 15 is 0 Å². The first-order chi connectivity index (χ1) is 14.9. The molecule has 0 aliphatic carbocycles. The van der Waals surface area contributed by atoms with Gasteiger partial charge in [0.1, 0.15) is 18.1 Å². The Morgan fingerprint density at radius 3 is 2.65 bits per heavy atom. The Balaban J connectivity index is 1.59. The van der Waals surface area contributed by atoms with Crippen molar-refractivity contribution in [1.29, 1.82) is 0 Å². The predicted octanol–water partition coefficient (Wildman–Crippen LogP) is 3.91. The van der Waals surface area contributed by atoms with Gasteiger partial charge in [-0.15, -0.1) is 10.2 Å². The number of H-pyrrole nitrogens is 1. The third-order valence-electron chi connectivity index (χ3n) is 4.80. The highest BCUT2D eigenvalue weighted by molar-refractivity contribution is 6.30. The van der Waals surface area contributed by atoms with Crippen molar-refractivity contribution in [1.82, 2.24) is 20.5 Å². The third-order valence-corrected chi connectivity index (χ3v) is 5.03. The highest BCUT2D eigenvalue weighted by Crippen LogP contribution is 2.20. The van der Waals surface area contributed by atoms with Gasteiger partial charge >= 0.3 is 0 Å². The summed E-state index contributed by atoms with van der Waals surface area (Å²) < 4.78 is 5.77. The molecule has 3 aromatic rings. The monoisotopic (exact) mass is 440 g/mol. The lowest BCUT2D eigenvalue weighted by Crippen LogP contribution is -2.32. The van der Waals surface area contributed by atoms with E-state index < -0.39 is 0 Å². The maximum absolute atomic E-state index is 12.3. The quantitative estimate of drug-likeness (QED) is 0.525. The molecule has 0 fully saturated rings. The lowest BCUT2D eigenvalue weighted by molar-refractivity contribution is -0.121. The zero-order chi connectivity index (χ0) is 22.2. The van der Waals surface area contributed by atoms with E-state index in [1.807, 2.05) is 38.1 Å². The number of hydrogen-bond acceptors (Lipinski definition) is 5. The molecule has 0 aliphatic rings. The normalized spacial score (nSPS) is 11.7. The first-order valence-electron chi connectivity index (χ1n) is 10.2. The Morgan fingerprint density at radius 1 is 1.19 bits per heavy atom. The molecule has 1 aromatic heterocycles. The van der Waals surface area contributed by atoms with Crippen molar-refractivity contribution in [2.75, 3.05) is 0 Å². The number of carbonyl (C=O) groups excluding carboxylic acids is 1. The fourth-order valence-electron chi connectivity index (χ4n) is 2.84. The van der Waals surface area contributed by atoms with E-state index in [0.717, 1.165) is 12.0 Å². The predicted molar refractivity (Wildman–Crippen MR) is 120 cm³/mol. The van der Waals surface area contributed by atoms with Gasteiger partial charge in [-0.25, -0.2) is 0 Å². The number of aromatic amines is 1. The largest absolute Gasteiger partial charge is 0.489 e. The standard InChI is InChI=1S/C23H25ClN4O3/c1-3-15(2)25-21(29)12-11-20-23(30)26-22(28-27-20)17-7-9-19(10-8-17)31-14-16-5-4-6-18(24)13-16/h4-10,13,15H,3,11-12,14H2,1-2H3,(H,25,29)(H,26,28,30). The SMILES string of the molecule is CCC(C)NC(=O)CCc1nnc(-c2ccc(OCc3cccc(Cl)c3)cc2)[nH]c1=O. The Morgan fingerprint density at radius 2 is 1.97 bits per heavy atom. The fourth-order valence-corrected chi connectivity index (χ4v) is 3.05. The Hall–Kier alpha value is -3.19. The van der Waals surface area contributed by atoms with Crippen molar-refractivity contribution in [2.45, 2.75) is 45.8 Å². The third kappa shape index (κ3) is 6.65. The number of rotatable bonds is 9. The highest BCUT2D eigenvalue weighted by Gasteiger charge is 2.11. The minimum atomic E-state index is -0.345. The van der Waals surface area contributed by atoms with Crippen molar-refractivity contribution in [3.63, 3.8) is 0 Å². The van der Waals surface area contributed by atoms with E-state index in [1.54, 1.807) is 24.3 Å². The molecule has 1 atom stereocenters. The Kier molecular flexibility index (Phi) is 7.78. The lowest BCUT2D eigenvalue weighted by atomic mass is 10.2. The molecule has 0 aliphatic heterocycles. The molecule has 1 amide bonds. The number of aryl methyl sites for hydroxylation is 1. The molecule has 0 radical (unpaired) electrons. The van der Waals surface area contributed by atoms with E-state index in [1.165, 1.54) is 0 Å². The molecular formula is C23H25ClN4O3. The highest BCUT2D eigenvalue weighted by atomic mass is 35.5. The average Bonchev–Trinajstić information content (AvgIpc) is 2.77. The summed E-state index contributed by atoms with van der Waals surface area (Å²) in [7, 11) is 0. The van der Waals surface area contributed by atoms with Crippen LogP contribution in [0.5, 0.6) is 5.75 Å². The summed E-state index contributed by atoms with van der Waals surface area (Å²) in [6.45, 7) is 4.33. The van der Waals surface area contributed by atoms with Gasteiger partial charge in [0, 0.05) is 29.5 Å². The zero-order valence-electron chi connectivity index (χ0n) is 17.5. The van der Waals surface area contributed by atoms with Crippen molar-refractivity contribution < 1.29 is 9.53 Å². The maximum Gasteiger partial charge on any atom is 0.273 e. The number of carbonyl (C=O) groups is 1. The van der Waals surface area contributed by atoms with Gasteiger partial charge in [-0.2, -0.15) is 0 Å². The van der Waals surface area contributed by atoms with Gasteiger partial charge in [-0.05, 0) is 55.3 Å². The summed E-state index contributed by atoms with van der Waals surface area (Å²) in [4.78, 5) is 27.0. The van der Waals surface area contributed by atoms with Crippen LogP contribution in [0.1, 0.15) is 37.9 Å². The van der Waals surface area contributed by atoms with E-state index in [0.29, 0.717) is 28.8 Å². The zero-order valence-corrected chi connectivity index (χ0v) is 18.3. The van der Waals surface area contributed by atoms with Crippen LogP contribution in [0.4, 0.5) is 0 Å². The van der Waals surface area contributed by atoms with E-state index in [9.17, 15) is 9.59 Å². The molecule has 2 aromatic carbocycles. The molecule has 1 heterocycles. The van der Waals surface area contributed by atoms with Gasteiger partial charge < -0.3 is 15.0 Å². The van der Waals surface area contributed by atoms with Crippen LogP contribution >= 0.6 is 11.6 Å². The molecule has 8 heteroatoms. The summed E-state index contributed by atoms with van der Waals surface area (Å²) in [5.74, 6) is 0.940. The number of aromatic nitrogens is 3. The van der Waals surface area contributed by atoms with E-state index in [-0.39, 0.29) is 36.0 Å². The van der Waals surface area contributed by atoms with Crippen LogP contribution < -0.4 is 15.6 Å². The molecular weight excluding hydrogens is 416 g/mol. The van der Waals surface area contributed by atoms with Crippen LogP contribution in [-0.4, -0.2) is 27.1 Å². The fraction of sp³-hybridized carbons (Fsp3) is 0.304. The number of nitrogens with one attached hydrogen (secondary N) is 2. The lowest BCUT2D eigenvalue weighted by Gasteiger charge is -2.10. The first-order valence-corrected chi connectivity index (χ1v) is 10.5. The first kappa shape index (κ1) is 22.5. The minimum Gasteiger partial charge on any atom is -0.489 e.